The van der Waals surface area contributed by atoms with Crippen LogP contribution >= 0.6 is 19.4 Å². The molecule has 0 saturated carbocycles. The molecule has 0 aliphatic carbocycles. The van der Waals surface area contributed by atoms with E-state index in [1.165, 1.54) is 0 Å². The molecule has 16 heavy (non-hydrogen) atoms. The van der Waals surface area contributed by atoms with E-state index in [-0.39, 0.29) is 0 Å². The fourth-order valence-electron chi connectivity index (χ4n) is 0.910. The fourth-order valence-corrected chi connectivity index (χ4v) is 3.02. The number of halogens is 1. The Hall–Kier alpha value is 0.400. The molecule has 0 N–H and O–H groups in total. The van der Waals surface area contributed by atoms with Crippen LogP contribution in [-0.4, -0.2) is 16.8 Å². The topological polar surface area (TPSA) is 44.8 Å². The third-order valence-corrected chi connectivity index (χ3v) is 3.38. The van der Waals surface area contributed by atoms with Gasteiger partial charge in [0, 0.05) is 0 Å². The summed E-state index contributed by atoms with van der Waals surface area (Å²) in [6.07, 6.45) is 0. The monoisotopic (exact) mass is 272 g/mol. The van der Waals surface area contributed by atoms with Gasteiger partial charge >= 0.3 is 7.82 Å². The zero-order valence-corrected chi connectivity index (χ0v) is 12.7. The van der Waals surface area contributed by atoms with Gasteiger partial charge in [-0.15, -0.1) is 0 Å². The van der Waals surface area contributed by atoms with E-state index >= 15 is 0 Å². The Kier molecular flexibility index (Phi) is 5.50. The van der Waals surface area contributed by atoms with E-state index in [2.05, 4.69) is 0 Å². The normalized spacial score (nSPS) is 16.2. The highest BCUT2D eigenvalue weighted by Crippen LogP contribution is 2.56. The summed E-state index contributed by atoms with van der Waals surface area (Å²) in [4.78, 5) is 0. The lowest BCUT2D eigenvalue weighted by molar-refractivity contribution is 0.000950. The molecule has 0 heterocycles. The highest BCUT2D eigenvalue weighted by atomic mass is 35.5. The minimum atomic E-state index is -3.65. The van der Waals surface area contributed by atoms with Crippen LogP contribution in [0.15, 0.2) is 0 Å². The number of phosphoric acid groups is 1. The van der Waals surface area contributed by atoms with E-state index in [9.17, 15) is 4.57 Å². The first kappa shape index (κ1) is 16.4. The molecule has 0 aliphatic heterocycles. The number of rotatable bonds is 4. The van der Waals surface area contributed by atoms with Crippen LogP contribution in [0.25, 0.3) is 0 Å². The maximum Gasteiger partial charge on any atom is 0.477 e. The van der Waals surface area contributed by atoms with Crippen LogP contribution in [0.5, 0.6) is 0 Å². The molecule has 1 atom stereocenters. The molecule has 0 spiro atoms. The predicted molar refractivity (Wildman–Crippen MR) is 65.7 cm³/mol. The summed E-state index contributed by atoms with van der Waals surface area (Å²) in [7, 11) is -3.65. The van der Waals surface area contributed by atoms with Crippen molar-refractivity contribution in [3.63, 3.8) is 0 Å². The molecule has 0 amide bonds. The van der Waals surface area contributed by atoms with Crippen molar-refractivity contribution in [2.24, 2.45) is 0 Å². The summed E-state index contributed by atoms with van der Waals surface area (Å²) < 4.78 is 28.0. The molecule has 0 bridgehead atoms. The van der Waals surface area contributed by atoms with Gasteiger partial charge < -0.3 is 0 Å². The molecule has 98 valence electrons. The van der Waals surface area contributed by atoms with Gasteiger partial charge in [0.25, 0.3) is 0 Å². The van der Waals surface area contributed by atoms with Gasteiger partial charge in [-0.25, -0.2) is 4.57 Å². The first-order valence-corrected chi connectivity index (χ1v) is 7.07. The molecule has 0 aromatic carbocycles. The molecular weight excluding hydrogens is 251 g/mol. The summed E-state index contributed by atoms with van der Waals surface area (Å²) >= 11 is 5.67. The zero-order valence-electron chi connectivity index (χ0n) is 11.0. The van der Waals surface area contributed by atoms with E-state index < -0.39 is 24.6 Å². The van der Waals surface area contributed by atoms with E-state index in [1.54, 1.807) is 48.5 Å². The molecule has 0 aromatic heterocycles. The Morgan fingerprint density at radius 3 is 1.50 bits per heavy atom. The third kappa shape index (κ3) is 8.54. The Labute approximate surface area is 103 Å². The second-order valence-corrected chi connectivity index (χ2v) is 7.59. The van der Waals surface area contributed by atoms with Crippen molar-refractivity contribution >= 4 is 19.4 Å². The van der Waals surface area contributed by atoms with Gasteiger partial charge in [0.2, 0.25) is 0 Å². The summed E-state index contributed by atoms with van der Waals surface area (Å²) in [6, 6.07) is 0. The largest absolute Gasteiger partial charge is 0.477 e. The first-order valence-electron chi connectivity index (χ1n) is 5.17. The van der Waals surface area contributed by atoms with Crippen molar-refractivity contribution in [3.05, 3.63) is 0 Å². The molecule has 0 fully saturated rings. The summed E-state index contributed by atoms with van der Waals surface area (Å²) in [6.45, 7) is 12.2. The van der Waals surface area contributed by atoms with Gasteiger partial charge in [-0.3, -0.25) is 13.6 Å². The lowest BCUT2D eigenvalue weighted by atomic mass is 10.2. The average Bonchev–Trinajstić information content (AvgIpc) is 1.69. The Balaban J connectivity index is 4.83. The maximum absolute atomic E-state index is 12.3. The molecule has 0 unspecified atom stereocenters. The van der Waals surface area contributed by atoms with E-state index in [0.29, 0.717) is 0 Å². The van der Waals surface area contributed by atoms with Crippen LogP contribution in [0, 0.1) is 0 Å². The molecule has 0 rings (SSSR count). The molecule has 0 aliphatic rings. The van der Waals surface area contributed by atoms with Crippen molar-refractivity contribution < 1.29 is 18.1 Å². The highest BCUT2D eigenvalue weighted by Gasteiger charge is 2.38. The first-order chi connectivity index (χ1) is 6.83. The fraction of sp³-hybridized carbons (Fsp3) is 1.00. The summed E-state index contributed by atoms with van der Waals surface area (Å²) in [5.41, 5.74) is -2.01. The van der Waals surface area contributed by atoms with Crippen molar-refractivity contribution in [3.8, 4) is 0 Å². The van der Waals surface area contributed by atoms with Crippen LogP contribution in [0.1, 0.15) is 48.5 Å². The molecule has 4 nitrogen and oxygen atoms in total. The van der Waals surface area contributed by atoms with Gasteiger partial charge in [0.1, 0.15) is 5.56 Å². The van der Waals surface area contributed by atoms with Gasteiger partial charge in [-0.05, 0) is 48.5 Å². The number of hydrogen-bond donors (Lipinski definition) is 0. The van der Waals surface area contributed by atoms with Crippen LogP contribution in [-0.2, 0) is 18.1 Å². The van der Waals surface area contributed by atoms with Gasteiger partial charge in [0.05, 0.1) is 11.2 Å². The zero-order chi connectivity index (χ0) is 13.2. The smallest absolute Gasteiger partial charge is 0.281 e. The molecular formula is C10H22ClO4P. The highest BCUT2D eigenvalue weighted by molar-refractivity contribution is 7.48. The average molecular weight is 273 g/mol. The van der Waals surface area contributed by atoms with Crippen LogP contribution < -0.4 is 0 Å². The third-order valence-electron chi connectivity index (χ3n) is 1.05. The van der Waals surface area contributed by atoms with E-state index in [0.717, 1.165) is 0 Å². The number of hydrogen-bond acceptors (Lipinski definition) is 4. The Bertz CT molecular complexity index is 245. The predicted octanol–water partition coefficient (Wildman–Crippen LogP) is 4.33. The quantitative estimate of drug-likeness (QED) is 0.564. The van der Waals surface area contributed by atoms with Crippen molar-refractivity contribution in [1.29, 1.82) is 0 Å². The SMILES string of the molecule is C[C@H](Cl)OP(=O)(OC(C)(C)C)OC(C)(C)C. The molecule has 0 saturated heterocycles. The van der Waals surface area contributed by atoms with Crippen molar-refractivity contribution in [2.45, 2.75) is 65.2 Å². The number of phosphoric ester groups is 1. The lowest BCUT2D eigenvalue weighted by Gasteiger charge is -2.31. The van der Waals surface area contributed by atoms with E-state index in [1.807, 2.05) is 0 Å². The van der Waals surface area contributed by atoms with Gasteiger partial charge in [0.15, 0.2) is 0 Å². The van der Waals surface area contributed by atoms with E-state index in [4.69, 9.17) is 25.2 Å². The molecule has 0 radical (unpaired) electrons. The van der Waals surface area contributed by atoms with Crippen LogP contribution in [0.4, 0.5) is 0 Å². The van der Waals surface area contributed by atoms with Crippen molar-refractivity contribution in [2.75, 3.05) is 0 Å². The minimum Gasteiger partial charge on any atom is -0.281 e. The summed E-state index contributed by atoms with van der Waals surface area (Å²) in [5, 5.41) is 0. The molecule has 6 heteroatoms. The Morgan fingerprint density at radius 2 is 1.31 bits per heavy atom. The lowest BCUT2D eigenvalue weighted by Crippen LogP contribution is -2.25. The maximum atomic E-state index is 12.3. The second-order valence-electron chi connectivity index (χ2n) is 5.50. The standard InChI is InChI=1S/C10H22ClO4P/c1-8(11)13-16(12,14-9(2,3)4)15-10(5,6)7/h8H,1-7H3/t8-/m1/s1. The minimum absolute atomic E-state index is 0.632. The summed E-state index contributed by atoms with van der Waals surface area (Å²) in [5.74, 6) is 0. The van der Waals surface area contributed by atoms with Crippen LogP contribution in [0.2, 0.25) is 0 Å². The second kappa shape index (κ2) is 5.36. The Morgan fingerprint density at radius 1 is 1.00 bits per heavy atom. The number of alkyl halides is 1. The molecule has 0 aromatic rings. The van der Waals surface area contributed by atoms with Gasteiger partial charge in [-0.2, -0.15) is 0 Å². The van der Waals surface area contributed by atoms with Crippen LogP contribution in [0.3, 0.4) is 0 Å². The van der Waals surface area contributed by atoms with Crippen molar-refractivity contribution in [1.82, 2.24) is 0 Å². The van der Waals surface area contributed by atoms with Gasteiger partial charge in [-0.1, -0.05) is 11.6 Å².